The highest BCUT2D eigenvalue weighted by atomic mass is 14.7. The number of pyridine rings is 1. The number of allylic oxidation sites excluding steroid dienone is 1. The second-order valence-corrected chi connectivity index (χ2v) is 4.75. The summed E-state index contributed by atoms with van der Waals surface area (Å²) in [5.74, 6) is 0. The second kappa shape index (κ2) is 3.56. The fraction of sp³-hybridized carbons (Fsp3) is 0.188. The molecular formula is C16H15N. The van der Waals surface area contributed by atoms with E-state index < -0.39 is 0 Å². The van der Waals surface area contributed by atoms with Crippen molar-refractivity contribution in [3.63, 3.8) is 0 Å². The Kier molecular flexibility index (Phi) is 2.15. The Morgan fingerprint density at radius 2 is 1.76 bits per heavy atom. The van der Waals surface area contributed by atoms with Crippen LogP contribution in [-0.2, 0) is 5.41 Å². The normalized spacial score (nSPS) is 22.1. The molecule has 1 aromatic carbocycles. The number of aromatic nitrogens is 1. The summed E-state index contributed by atoms with van der Waals surface area (Å²) in [7, 11) is 0. The molecule has 0 spiro atoms. The molecule has 0 saturated carbocycles. The van der Waals surface area contributed by atoms with Gasteiger partial charge in [0.1, 0.15) is 0 Å². The molecule has 1 aliphatic carbocycles. The molecular weight excluding hydrogens is 206 g/mol. The Labute approximate surface area is 102 Å². The Morgan fingerprint density at radius 3 is 2.53 bits per heavy atom. The van der Waals surface area contributed by atoms with Crippen LogP contribution >= 0.6 is 0 Å². The molecule has 17 heavy (non-hydrogen) atoms. The average Bonchev–Trinajstić information content (AvgIpc) is 2.64. The fourth-order valence-corrected chi connectivity index (χ4v) is 2.67. The van der Waals surface area contributed by atoms with Gasteiger partial charge in [0, 0.05) is 6.20 Å². The zero-order valence-corrected chi connectivity index (χ0v) is 10.1. The van der Waals surface area contributed by atoms with Crippen molar-refractivity contribution in [2.75, 3.05) is 0 Å². The topological polar surface area (TPSA) is 12.9 Å². The first kappa shape index (κ1) is 10.3. The molecule has 0 fully saturated rings. The van der Waals surface area contributed by atoms with Crippen LogP contribution in [0.25, 0.3) is 6.08 Å². The van der Waals surface area contributed by atoms with Gasteiger partial charge in [-0.25, -0.2) is 0 Å². The maximum Gasteiger partial charge on any atom is 0.0562 e. The molecule has 0 saturated heterocycles. The maximum absolute atomic E-state index is 4.54. The number of rotatable bonds is 1. The van der Waals surface area contributed by atoms with Gasteiger partial charge in [0.15, 0.2) is 0 Å². The van der Waals surface area contributed by atoms with Gasteiger partial charge < -0.3 is 0 Å². The van der Waals surface area contributed by atoms with Gasteiger partial charge in [0.2, 0.25) is 0 Å². The third-order valence-corrected chi connectivity index (χ3v) is 3.84. The molecule has 1 heterocycles. The van der Waals surface area contributed by atoms with Gasteiger partial charge in [0.05, 0.1) is 11.1 Å². The van der Waals surface area contributed by atoms with Gasteiger partial charge >= 0.3 is 0 Å². The van der Waals surface area contributed by atoms with E-state index in [1.807, 2.05) is 12.3 Å². The first-order chi connectivity index (χ1) is 8.23. The molecule has 1 atom stereocenters. The van der Waals surface area contributed by atoms with Crippen molar-refractivity contribution >= 4 is 6.08 Å². The van der Waals surface area contributed by atoms with Gasteiger partial charge in [0.25, 0.3) is 0 Å². The molecule has 1 aliphatic rings. The van der Waals surface area contributed by atoms with E-state index in [0.717, 1.165) is 5.69 Å². The number of fused-ring (bicyclic) bond motifs is 1. The molecule has 0 radical (unpaired) electrons. The Bertz CT molecular complexity index is 583. The van der Waals surface area contributed by atoms with E-state index in [-0.39, 0.29) is 5.41 Å². The molecule has 0 amide bonds. The predicted octanol–water partition coefficient (Wildman–Crippen LogP) is 3.80. The maximum atomic E-state index is 4.54. The number of hydrogen-bond acceptors (Lipinski definition) is 1. The van der Waals surface area contributed by atoms with Crippen LogP contribution < -0.4 is 0 Å². The molecule has 2 aromatic rings. The van der Waals surface area contributed by atoms with Gasteiger partial charge in [-0.3, -0.25) is 4.98 Å². The average molecular weight is 221 g/mol. The molecule has 1 aromatic heterocycles. The lowest BCUT2D eigenvalue weighted by Crippen LogP contribution is -2.23. The van der Waals surface area contributed by atoms with Gasteiger partial charge in [-0.1, -0.05) is 42.0 Å². The van der Waals surface area contributed by atoms with Crippen molar-refractivity contribution in [2.45, 2.75) is 19.3 Å². The number of hydrogen-bond donors (Lipinski definition) is 0. The van der Waals surface area contributed by atoms with Crippen molar-refractivity contribution in [1.29, 1.82) is 0 Å². The van der Waals surface area contributed by atoms with Crippen molar-refractivity contribution in [1.82, 2.24) is 4.98 Å². The van der Waals surface area contributed by atoms with Crippen LogP contribution in [0.15, 0.2) is 54.2 Å². The molecule has 0 aliphatic heterocycles. The third kappa shape index (κ3) is 1.35. The van der Waals surface area contributed by atoms with Crippen molar-refractivity contribution in [2.24, 2.45) is 0 Å². The quantitative estimate of drug-likeness (QED) is 0.713. The lowest BCUT2D eigenvalue weighted by Gasteiger charge is -2.27. The summed E-state index contributed by atoms with van der Waals surface area (Å²) in [5.41, 5.74) is 5.09. The number of benzene rings is 1. The third-order valence-electron chi connectivity index (χ3n) is 3.84. The standard InChI is InChI=1S/C16H15N/c1-12-11-13-7-3-4-8-14(13)16(12,2)15-9-5-6-10-17-15/h3-11H,1-2H3. The largest absolute Gasteiger partial charge is 0.260 e. The van der Waals surface area contributed by atoms with Gasteiger partial charge in [-0.2, -0.15) is 0 Å². The highest BCUT2D eigenvalue weighted by Crippen LogP contribution is 2.45. The zero-order valence-electron chi connectivity index (χ0n) is 10.1. The van der Waals surface area contributed by atoms with E-state index in [1.165, 1.54) is 16.7 Å². The van der Waals surface area contributed by atoms with Crippen LogP contribution in [0.1, 0.15) is 30.7 Å². The van der Waals surface area contributed by atoms with E-state index in [2.05, 4.69) is 61.3 Å². The summed E-state index contributed by atoms with van der Waals surface area (Å²) in [6.07, 6.45) is 4.14. The van der Waals surface area contributed by atoms with E-state index >= 15 is 0 Å². The van der Waals surface area contributed by atoms with Gasteiger partial charge in [-0.15, -0.1) is 0 Å². The van der Waals surface area contributed by atoms with Crippen LogP contribution in [0.2, 0.25) is 0 Å². The Hall–Kier alpha value is -1.89. The molecule has 3 rings (SSSR count). The minimum absolute atomic E-state index is 0.0716. The summed E-state index contributed by atoms with van der Waals surface area (Å²) in [6, 6.07) is 14.7. The first-order valence-corrected chi connectivity index (χ1v) is 5.93. The molecule has 1 heteroatoms. The van der Waals surface area contributed by atoms with Crippen LogP contribution in [0, 0.1) is 0 Å². The Morgan fingerprint density at radius 1 is 1.00 bits per heavy atom. The second-order valence-electron chi connectivity index (χ2n) is 4.75. The lowest BCUT2D eigenvalue weighted by atomic mass is 9.77. The van der Waals surface area contributed by atoms with E-state index in [4.69, 9.17) is 0 Å². The Balaban J connectivity index is 2.25. The molecule has 84 valence electrons. The molecule has 1 unspecified atom stereocenters. The molecule has 1 nitrogen and oxygen atoms in total. The summed E-state index contributed by atoms with van der Waals surface area (Å²) < 4.78 is 0. The van der Waals surface area contributed by atoms with Crippen LogP contribution in [0.3, 0.4) is 0 Å². The number of nitrogens with zero attached hydrogens (tertiary/aromatic N) is 1. The fourth-order valence-electron chi connectivity index (χ4n) is 2.67. The zero-order chi connectivity index (χ0) is 11.9. The monoisotopic (exact) mass is 221 g/mol. The van der Waals surface area contributed by atoms with Crippen molar-refractivity contribution in [3.05, 3.63) is 71.1 Å². The smallest absolute Gasteiger partial charge is 0.0562 e. The van der Waals surface area contributed by atoms with E-state index in [0.29, 0.717) is 0 Å². The summed E-state index contributed by atoms with van der Waals surface area (Å²) in [4.78, 5) is 4.54. The lowest BCUT2D eigenvalue weighted by molar-refractivity contribution is 0.664. The SMILES string of the molecule is CC1=Cc2ccccc2C1(C)c1ccccn1. The van der Waals surface area contributed by atoms with E-state index in [9.17, 15) is 0 Å². The highest BCUT2D eigenvalue weighted by molar-refractivity contribution is 5.71. The molecule has 0 bridgehead atoms. The minimum Gasteiger partial charge on any atom is -0.260 e. The van der Waals surface area contributed by atoms with Crippen LogP contribution in [0.4, 0.5) is 0 Å². The van der Waals surface area contributed by atoms with Gasteiger partial charge in [-0.05, 0) is 37.1 Å². The summed E-state index contributed by atoms with van der Waals surface area (Å²) in [5, 5.41) is 0. The van der Waals surface area contributed by atoms with Crippen molar-refractivity contribution in [3.8, 4) is 0 Å². The predicted molar refractivity (Wildman–Crippen MR) is 70.8 cm³/mol. The molecule has 0 N–H and O–H groups in total. The summed E-state index contributed by atoms with van der Waals surface area (Å²) in [6.45, 7) is 4.45. The highest BCUT2D eigenvalue weighted by Gasteiger charge is 2.37. The first-order valence-electron chi connectivity index (χ1n) is 5.93. The minimum atomic E-state index is -0.0716. The van der Waals surface area contributed by atoms with Crippen LogP contribution in [0.5, 0.6) is 0 Å². The van der Waals surface area contributed by atoms with E-state index in [1.54, 1.807) is 0 Å². The van der Waals surface area contributed by atoms with Crippen LogP contribution in [-0.4, -0.2) is 4.98 Å². The summed E-state index contributed by atoms with van der Waals surface area (Å²) >= 11 is 0. The van der Waals surface area contributed by atoms with Crippen molar-refractivity contribution < 1.29 is 0 Å².